The van der Waals surface area contributed by atoms with E-state index in [-0.39, 0.29) is 36.7 Å². The molecule has 2 fully saturated rings. The van der Waals surface area contributed by atoms with Crippen LogP contribution >= 0.6 is 0 Å². The molecule has 2 saturated heterocycles. The van der Waals surface area contributed by atoms with Crippen molar-refractivity contribution < 1.29 is 24.1 Å². The first-order valence-electron chi connectivity index (χ1n) is 7.91. The van der Waals surface area contributed by atoms with Crippen molar-refractivity contribution in [2.24, 2.45) is 0 Å². The molecule has 0 aromatic rings. The molecular weight excluding hydrogens is 274 g/mol. The molecule has 2 heterocycles. The van der Waals surface area contributed by atoms with Gasteiger partial charge in [0, 0.05) is 20.0 Å². The maximum absolute atomic E-state index is 10.2. The topological polar surface area (TPSA) is 69.2 Å². The molecular formula is C15H29NO5. The number of methoxy groups -OCH3 is 1. The van der Waals surface area contributed by atoms with E-state index in [2.05, 4.69) is 12.2 Å². The SMILES string of the molecule is CCN[C@H]1CO[C@@H](O[C@H]2[C@H](C)O[C@H](C)C[C@@H]2O)C[C@@H]1OC. The molecule has 0 radical (unpaired) electrons. The third kappa shape index (κ3) is 4.37. The molecule has 0 aromatic heterocycles. The predicted octanol–water partition coefficient (Wildman–Crippen LogP) is 0.669. The zero-order valence-corrected chi connectivity index (χ0v) is 13.5. The van der Waals surface area contributed by atoms with Crippen LogP contribution in [-0.4, -0.2) is 68.2 Å². The van der Waals surface area contributed by atoms with E-state index in [0.29, 0.717) is 19.4 Å². The summed E-state index contributed by atoms with van der Waals surface area (Å²) in [4.78, 5) is 0. The molecule has 2 aliphatic heterocycles. The lowest BCUT2D eigenvalue weighted by Crippen LogP contribution is -2.54. The van der Waals surface area contributed by atoms with Gasteiger partial charge >= 0.3 is 0 Å². The Morgan fingerprint density at radius 1 is 1.29 bits per heavy atom. The summed E-state index contributed by atoms with van der Waals surface area (Å²) < 4.78 is 23.0. The van der Waals surface area contributed by atoms with Crippen molar-refractivity contribution in [2.75, 3.05) is 20.3 Å². The molecule has 0 amide bonds. The molecule has 21 heavy (non-hydrogen) atoms. The number of rotatable bonds is 5. The molecule has 0 bridgehead atoms. The molecule has 0 aliphatic carbocycles. The molecule has 2 rings (SSSR count). The third-order valence-corrected chi connectivity index (χ3v) is 4.28. The van der Waals surface area contributed by atoms with E-state index >= 15 is 0 Å². The van der Waals surface area contributed by atoms with Gasteiger partial charge in [0.05, 0.1) is 37.1 Å². The minimum atomic E-state index is -0.514. The summed E-state index contributed by atoms with van der Waals surface area (Å²) in [6.45, 7) is 7.39. The van der Waals surface area contributed by atoms with Crippen LogP contribution in [0.2, 0.25) is 0 Å². The number of nitrogens with one attached hydrogen (secondary N) is 1. The van der Waals surface area contributed by atoms with Crippen LogP contribution in [0, 0.1) is 0 Å². The van der Waals surface area contributed by atoms with Crippen molar-refractivity contribution in [3.8, 4) is 0 Å². The van der Waals surface area contributed by atoms with Crippen molar-refractivity contribution in [2.45, 2.75) is 76.5 Å². The smallest absolute Gasteiger partial charge is 0.160 e. The van der Waals surface area contributed by atoms with Crippen LogP contribution in [0.4, 0.5) is 0 Å². The number of likely N-dealkylation sites (N-methyl/N-ethyl adjacent to an activating group) is 1. The monoisotopic (exact) mass is 303 g/mol. The van der Waals surface area contributed by atoms with Gasteiger partial charge in [-0.15, -0.1) is 0 Å². The van der Waals surface area contributed by atoms with Gasteiger partial charge in [0.2, 0.25) is 0 Å². The summed E-state index contributed by atoms with van der Waals surface area (Å²) in [7, 11) is 1.71. The Labute approximate surface area is 127 Å². The second kappa shape index (κ2) is 7.85. The average molecular weight is 303 g/mol. The number of hydrogen-bond acceptors (Lipinski definition) is 6. The van der Waals surface area contributed by atoms with Crippen LogP contribution < -0.4 is 5.32 Å². The fraction of sp³-hybridized carbons (Fsp3) is 1.00. The van der Waals surface area contributed by atoms with Crippen molar-refractivity contribution in [1.29, 1.82) is 0 Å². The fourth-order valence-electron chi connectivity index (χ4n) is 3.21. The van der Waals surface area contributed by atoms with Crippen molar-refractivity contribution in [3.05, 3.63) is 0 Å². The summed E-state index contributed by atoms with van der Waals surface area (Å²) >= 11 is 0. The van der Waals surface area contributed by atoms with Gasteiger partial charge in [-0.2, -0.15) is 0 Å². The molecule has 124 valence electrons. The third-order valence-electron chi connectivity index (χ3n) is 4.28. The minimum Gasteiger partial charge on any atom is -0.390 e. The van der Waals surface area contributed by atoms with E-state index in [1.165, 1.54) is 0 Å². The van der Waals surface area contributed by atoms with Crippen LogP contribution in [0.25, 0.3) is 0 Å². The number of aliphatic hydroxyl groups is 1. The standard InChI is InChI=1S/C15H29NO5/c1-5-16-11-8-19-14(7-13(11)18-4)21-15-10(3)20-9(2)6-12(15)17/h9-17H,5-8H2,1-4H3/t9-,10+,11+,12+,13+,14+,15+/m1/s1. The fourth-order valence-corrected chi connectivity index (χ4v) is 3.21. The Balaban J connectivity index is 1.88. The second-order valence-corrected chi connectivity index (χ2v) is 5.99. The zero-order chi connectivity index (χ0) is 15.4. The van der Waals surface area contributed by atoms with E-state index in [1.54, 1.807) is 7.11 Å². The maximum Gasteiger partial charge on any atom is 0.160 e. The van der Waals surface area contributed by atoms with Crippen molar-refractivity contribution in [3.63, 3.8) is 0 Å². The molecule has 0 aromatic carbocycles. The molecule has 0 spiro atoms. The van der Waals surface area contributed by atoms with Gasteiger partial charge in [0.1, 0.15) is 6.10 Å². The lowest BCUT2D eigenvalue weighted by Gasteiger charge is -2.41. The molecule has 2 N–H and O–H groups in total. The molecule has 2 aliphatic rings. The van der Waals surface area contributed by atoms with E-state index in [0.717, 1.165) is 6.54 Å². The van der Waals surface area contributed by atoms with Crippen molar-refractivity contribution in [1.82, 2.24) is 5.32 Å². The first-order valence-corrected chi connectivity index (χ1v) is 7.91. The molecule has 7 atom stereocenters. The highest BCUT2D eigenvalue weighted by atomic mass is 16.7. The Hall–Kier alpha value is -0.240. The maximum atomic E-state index is 10.2. The molecule has 0 saturated carbocycles. The largest absolute Gasteiger partial charge is 0.390 e. The van der Waals surface area contributed by atoms with Gasteiger partial charge in [0.25, 0.3) is 0 Å². The summed E-state index contributed by atoms with van der Waals surface area (Å²) in [6.07, 6.45) is 0.00402. The highest BCUT2D eigenvalue weighted by Gasteiger charge is 2.39. The van der Waals surface area contributed by atoms with Gasteiger partial charge in [-0.1, -0.05) is 6.92 Å². The van der Waals surface area contributed by atoms with E-state index in [1.807, 2.05) is 13.8 Å². The Morgan fingerprint density at radius 2 is 2.05 bits per heavy atom. The van der Waals surface area contributed by atoms with Crippen LogP contribution in [0.15, 0.2) is 0 Å². The van der Waals surface area contributed by atoms with E-state index in [9.17, 15) is 5.11 Å². The molecule has 6 nitrogen and oxygen atoms in total. The van der Waals surface area contributed by atoms with Crippen LogP contribution in [0.5, 0.6) is 0 Å². The van der Waals surface area contributed by atoms with Crippen molar-refractivity contribution >= 4 is 0 Å². The lowest BCUT2D eigenvalue weighted by molar-refractivity contribution is -0.267. The van der Waals surface area contributed by atoms with E-state index in [4.69, 9.17) is 18.9 Å². The van der Waals surface area contributed by atoms with Crippen LogP contribution in [0.3, 0.4) is 0 Å². The molecule has 0 unspecified atom stereocenters. The first-order chi connectivity index (χ1) is 10.0. The van der Waals surface area contributed by atoms with Gasteiger partial charge < -0.3 is 29.4 Å². The zero-order valence-electron chi connectivity index (χ0n) is 13.5. The van der Waals surface area contributed by atoms with E-state index < -0.39 is 6.10 Å². The number of ether oxygens (including phenoxy) is 4. The highest BCUT2D eigenvalue weighted by Crippen LogP contribution is 2.26. The summed E-state index contributed by atoms with van der Waals surface area (Å²) in [5, 5.41) is 13.5. The first kappa shape index (κ1) is 17.1. The second-order valence-electron chi connectivity index (χ2n) is 5.99. The van der Waals surface area contributed by atoms with Gasteiger partial charge in [-0.25, -0.2) is 0 Å². The average Bonchev–Trinajstić information content (AvgIpc) is 2.44. The van der Waals surface area contributed by atoms with Gasteiger partial charge in [-0.05, 0) is 20.4 Å². The lowest BCUT2D eigenvalue weighted by atomic mass is 9.99. The normalized spacial score (nSPS) is 44.7. The Bertz CT molecular complexity index is 304. The Morgan fingerprint density at radius 3 is 2.67 bits per heavy atom. The Kier molecular flexibility index (Phi) is 6.40. The van der Waals surface area contributed by atoms with Gasteiger partial charge in [-0.3, -0.25) is 0 Å². The number of hydrogen-bond donors (Lipinski definition) is 2. The van der Waals surface area contributed by atoms with Crippen LogP contribution in [0.1, 0.15) is 33.6 Å². The summed E-state index contributed by atoms with van der Waals surface area (Å²) in [5.74, 6) is 0. The minimum absolute atomic E-state index is 0.0552. The summed E-state index contributed by atoms with van der Waals surface area (Å²) in [6, 6.07) is 0.185. The van der Waals surface area contributed by atoms with Crippen LogP contribution in [-0.2, 0) is 18.9 Å². The quantitative estimate of drug-likeness (QED) is 0.778. The number of aliphatic hydroxyl groups excluding tert-OH is 1. The predicted molar refractivity (Wildman–Crippen MR) is 78.1 cm³/mol. The highest BCUT2D eigenvalue weighted by molar-refractivity contribution is 4.86. The summed E-state index contributed by atoms with van der Waals surface area (Å²) in [5.41, 5.74) is 0. The molecule has 6 heteroatoms. The van der Waals surface area contributed by atoms with Gasteiger partial charge in [0.15, 0.2) is 6.29 Å².